The molecule has 0 aliphatic carbocycles. The molecule has 0 saturated carbocycles. The molecule has 0 aromatic carbocycles. The standard InChI is InChI=1S/C6H7FN2/c1-2-6-8-3-5(7)4-9-6/h3-4H,2H2,1H3. The highest BCUT2D eigenvalue weighted by Gasteiger charge is 1.90. The van der Waals surface area contributed by atoms with E-state index in [0.29, 0.717) is 5.82 Å². The van der Waals surface area contributed by atoms with Gasteiger partial charge in [-0.2, -0.15) is 0 Å². The van der Waals surface area contributed by atoms with Crippen molar-refractivity contribution in [3.05, 3.63) is 24.0 Å². The predicted molar refractivity (Wildman–Crippen MR) is 31.4 cm³/mol. The number of nitrogens with zero attached hydrogens (tertiary/aromatic N) is 2. The normalized spacial score (nSPS) is 9.56. The van der Waals surface area contributed by atoms with E-state index in [1.54, 1.807) is 0 Å². The van der Waals surface area contributed by atoms with E-state index in [9.17, 15) is 4.39 Å². The predicted octanol–water partition coefficient (Wildman–Crippen LogP) is 1.18. The summed E-state index contributed by atoms with van der Waals surface area (Å²) in [5, 5.41) is 0. The Hall–Kier alpha value is -0.990. The van der Waals surface area contributed by atoms with Gasteiger partial charge in [-0.3, -0.25) is 0 Å². The van der Waals surface area contributed by atoms with Gasteiger partial charge in [0.2, 0.25) is 0 Å². The van der Waals surface area contributed by atoms with Crippen molar-refractivity contribution in [3.63, 3.8) is 0 Å². The molecule has 1 aromatic rings. The molecular weight excluding hydrogens is 119 g/mol. The molecule has 0 atom stereocenters. The fourth-order valence-corrected chi connectivity index (χ4v) is 0.522. The maximum absolute atomic E-state index is 12.1. The van der Waals surface area contributed by atoms with Crippen molar-refractivity contribution >= 4 is 0 Å². The first-order chi connectivity index (χ1) is 4.33. The Morgan fingerprint density at radius 2 is 2.00 bits per heavy atom. The minimum atomic E-state index is -0.382. The minimum absolute atomic E-state index is 0.382. The third-order valence-corrected chi connectivity index (χ3v) is 0.990. The molecule has 0 fully saturated rings. The average molecular weight is 126 g/mol. The molecule has 0 N–H and O–H groups in total. The van der Waals surface area contributed by atoms with Crippen LogP contribution in [0, 0.1) is 5.82 Å². The lowest BCUT2D eigenvalue weighted by Crippen LogP contribution is -1.91. The van der Waals surface area contributed by atoms with Crippen LogP contribution in [-0.2, 0) is 6.42 Å². The van der Waals surface area contributed by atoms with Crippen LogP contribution in [0.3, 0.4) is 0 Å². The van der Waals surface area contributed by atoms with Gasteiger partial charge in [0.25, 0.3) is 0 Å². The number of aryl methyl sites for hydroxylation is 1. The molecule has 0 saturated heterocycles. The minimum Gasteiger partial charge on any atom is -0.238 e. The van der Waals surface area contributed by atoms with Crippen LogP contribution in [0.1, 0.15) is 12.7 Å². The Morgan fingerprint density at radius 3 is 2.44 bits per heavy atom. The van der Waals surface area contributed by atoms with Crippen molar-refractivity contribution in [2.24, 2.45) is 0 Å². The van der Waals surface area contributed by atoms with Crippen LogP contribution in [0.25, 0.3) is 0 Å². The Labute approximate surface area is 52.8 Å². The molecule has 0 aliphatic heterocycles. The van der Waals surface area contributed by atoms with Gasteiger partial charge in [-0.25, -0.2) is 14.4 Å². The van der Waals surface area contributed by atoms with Crippen molar-refractivity contribution < 1.29 is 4.39 Å². The number of hydrogen-bond donors (Lipinski definition) is 0. The maximum atomic E-state index is 12.1. The largest absolute Gasteiger partial charge is 0.238 e. The Morgan fingerprint density at radius 1 is 1.44 bits per heavy atom. The highest BCUT2D eigenvalue weighted by Crippen LogP contribution is 1.92. The summed E-state index contributed by atoms with van der Waals surface area (Å²) in [7, 11) is 0. The zero-order chi connectivity index (χ0) is 6.69. The first kappa shape index (κ1) is 6.13. The van der Waals surface area contributed by atoms with E-state index in [1.165, 1.54) is 12.4 Å². The second-order valence-corrected chi connectivity index (χ2v) is 1.67. The van der Waals surface area contributed by atoms with E-state index in [0.717, 1.165) is 6.42 Å². The van der Waals surface area contributed by atoms with Gasteiger partial charge in [-0.15, -0.1) is 0 Å². The molecule has 9 heavy (non-hydrogen) atoms. The maximum Gasteiger partial charge on any atom is 0.159 e. The van der Waals surface area contributed by atoms with Gasteiger partial charge in [-0.05, 0) is 0 Å². The van der Waals surface area contributed by atoms with E-state index >= 15 is 0 Å². The second kappa shape index (κ2) is 2.53. The molecule has 48 valence electrons. The average Bonchev–Trinajstić information content (AvgIpc) is 1.90. The number of aromatic nitrogens is 2. The van der Waals surface area contributed by atoms with Crippen LogP contribution in [0.5, 0.6) is 0 Å². The molecule has 3 heteroatoms. The van der Waals surface area contributed by atoms with Crippen LogP contribution in [-0.4, -0.2) is 9.97 Å². The van der Waals surface area contributed by atoms with Gasteiger partial charge in [0.1, 0.15) is 5.82 Å². The van der Waals surface area contributed by atoms with Crippen molar-refractivity contribution in [3.8, 4) is 0 Å². The fourth-order valence-electron chi connectivity index (χ4n) is 0.522. The molecule has 1 heterocycles. The van der Waals surface area contributed by atoms with E-state index in [1.807, 2.05) is 6.92 Å². The second-order valence-electron chi connectivity index (χ2n) is 1.67. The van der Waals surface area contributed by atoms with Gasteiger partial charge in [0.05, 0.1) is 12.4 Å². The zero-order valence-corrected chi connectivity index (χ0v) is 5.13. The summed E-state index contributed by atoms with van der Waals surface area (Å²) in [4.78, 5) is 7.42. The summed E-state index contributed by atoms with van der Waals surface area (Å²) in [6.45, 7) is 1.92. The highest BCUT2D eigenvalue weighted by atomic mass is 19.1. The lowest BCUT2D eigenvalue weighted by Gasteiger charge is -1.90. The summed E-state index contributed by atoms with van der Waals surface area (Å²) in [5.74, 6) is 0.295. The van der Waals surface area contributed by atoms with Crippen LogP contribution >= 0.6 is 0 Å². The van der Waals surface area contributed by atoms with Crippen LogP contribution in [0.2, 0.25) is 0 Å². The summed E-state index contributed by atoms with van der Waals surface area (Å²) in [6.07, 6.45) is 3.10. The van der Waals surface area contributed by atoms with Crippen LogP contribution < -0.4 is 0 Å². The van der Waals surface area contributed by atoms with Crippen molar-refractivity contribution in [2.75, 3.05) is 0 Å². The van der Waals surface area contributed by atoms with Crippen LogP contribution in [0.15, 0.2) is 12.4 Å². The fraction of sp³-hybridized carbons (Fsp3) is 0.333. The third-order valence-electron chi connectivity index (χ3n) is 0.990. The number of rotatable bonds is 1. The quantitative estimate of drug-likeness (QED) is 0.564. The van der Waals surface area contributed by atoms with Gasteiger partial charge in [-0.1, -0.05) is 6.92 Å². The number of halogens is 1. The van der Waals surface area contributed by atoms with Gasteiger partial charge in [0.15, 0.2) is 5.82 Å². The monoisotopic (exact) mass is 126 g/mol. The molecule has 0 unspecified atom stereocenters. The van der Waals surface area contributed by atoms with E-state index in [2.05, 4.69) is 9.97 Å². The lowest BCUT2D eigenvalue weighted by molar-refractivity contribution is 0.609. The van der Waals surface area contributed by atoms with Gasteiger partial charge in [0, 0.05) is 6.42 Å². The Balaban J connectivity index is 2.88. The molecule has 0 aliphatic rings. The summed E-state index contributed by atoms with van der Waals surface area (Å²) in [5.41, 5.74) is 0. The van der Waals surface area contributed by atoms with Gasteiger partial charge >= 0.3 is 0 Å². The molecule has 0 bridgehead atoms. The molecular formula is C6H7FN2. The highest BCUT2D eigenvalue weighted by molar-refractivity contribution is 4.90. The smallest absolute Gasteiger partial charge is 0.159 e. The molecule has 1 rings (SSSR count). The summed E-state index contributed by atoms with van der Waals surface area (Å²) in [6, 6.07) is 0. The summed E-state index contributed by atoms with van der Waals surface area (Å²) >= 11 is 0. The zero-order valence-electron chi connectivity index (χ0n) is 5.13. The Bertz CT molecular complexity index is 183. The van der Waals surface area contributed by atoms with Crippen LogP contribution in [0.4, 0.5) is 4.39 Å². The SMILES string of the molecule is CCc1ncc(F)cn1. The van der Waals surface area contributed by atoms with Crippen molar-refractivity contribution in [1.82, 2.24) is 9.97 Å². The number of hydrogen-bond acceptors (Lipinski definition) is 2. The molecule has 0 radical (unpaired) electrons. The lowest BCUT2D eigenvalue weighted by atomic mass is 10.4. The Kier molecular flexibility index (Phi) is 1.72. The van der Waals surface area contributed by atoms with E-state index in [4.69, 9.17) is 0 Å². The molecule has 0 spiro atoms. The van der Waals surface area contributed by atoms with E-state index in [-0.39, 0.29) is 5.82 Å². The van der Waals surface area contributed by atoms with Crippen molar-refractivity contribution in [1.29, 1.82) is 0 Å². The van der Waals surface area contributed by atoms with E-state index < -0.39 is 0 Å². The first-order valence-corrected chi connectivity index (χ1v) is 2.79. The molecule has 1 aromatic heterocycles. The first-order valence-electron chi connectivity index (χ1n) is 2.79. The summed E-state index contributed by atoms with van der Waals surface area (Å²) < 4.78 is 12.1. The third kappa shape index (κ3) is 1.45. The molecule has 0 amide bonds. The molecule has 2 nitrogen and oxygen atoms in total. The topological polar surface area (TPSA) is 25.8 Å². The van der Waals surface area contributed by atoms with Gasteiger partial charge < -0.3 is 0 Å². The van der Waals surface area contributed by atoms with Crippen molar-refractivity contribution in [2.45, 2.75) is 13.3 Å².